The number of hydrogen-bond acceptors (Lipinski definition) is 4. The van der Waals surface area contributed by atoms with Crippen LogP contribution in [0.4, 0.5) is 10.1 Å². The normalized spacial score (nSPS) is 18.9. The van der Waals surface area contributed by atoms with Crippen LogP contribution in [0.1, 0.15) is 6.42 Å². The van der Waals surface area contributed by atoms with Crippen molar-refractivity contribution in [3.8, 4) is 0 Å². The summed E-state index contributed by atoms with van der Waals surface area (Å²) in [6, 6.07) is 2.32. The minimum absolute atomic E-state index is 0.127. The lowest BCUT2D eigenvalue weighted by molar-refractivity contribution is 0.347. The van der Waals surface area contributed by atoms with Gasteiger partial charge in [-0.25, -0.2) is 12.8 Å². The summed E-state index contributed by atoms with van der Waals surface area (Å²) in [5.74, 6) is -0.946. The van der Waals surface area contributed by atoms with E-state index in [-0.39, 0.29) is 10.7 Å². The molecule has 20 heavy (non-hydrogen) atoms. The number of benzene rings is 1. The van der Waals surface area contributed by atoms with Gasteiger partial charge >= 0.3 is 0 Å². The van der Waals surface area contributed by atoms with Crippen molar-refractivity contribution in [3.63, 3.8) is 0 Å². The van der Waals surface area contributed by atoms with Crippen LogP contribution in [0.15, 0.2) is 17.0 Å². The molecule has 2 N–H and O–H groups in total. The maximum Gasteiger partial charge on any atom is 0.246 e. The van der Waals surface area contributed by atoms with E-state index < -0.39 is 20.7 Å². The Bertz CT molecular complexity index is 609. The van der Waals surface area contributed by atoms with Crippen molar-refractivity contribution < 1.29 is 12.8 Å². The molecule has 1 aliphatic heterocycles. The van der Waals surface area contributed by atoms with Gasteiger partial charge in [0, 0.05) is 25.3 Å². The highest BCUT2D eigenvalue weighted by Crippen LogP contribution is 2.28. The SMILES string of the molecule is CN1CCCN(S(=O)(=O)c2cc(N)cc(Cl)c2F)CC1. The summed E-state index contributed by atoms with van der Waals surface area (Å²) in [6.45, 7) is 2.10. The molecule has 0 unspecified atom stereocenters. The molecule has 1 aromatic carbocycles. The van der Waals surface area contributed by atoms with E-state index in [0.29, 0.717) is 26.1 Å². The van der Waals surface area contributed by atoms with Crippen LogP contribution in [-0.4, -0.2) is 50.8 Å². The fourth-order valence-electron chi connectivity index (χ4n) is 2.17. The highest BCUT2D eigenvalue weighted by Gasteiger charge is 2.30. The number of rotatable bonds is 2. The summed E-state index contributed by atoms with van der Waals surface area (Å²) in [5, 5.41) is -0.282. The van der Waals surface area contributed by atoms with Gasteiger partial charge in [0.2, 0.25) is 10.0 Å². The molecular weight excluding hydrogens is 305 g/mol. The summed E-state index contributed by atoms with van der Waals surface area (Å²) in [7, 11) is -1.99. The smallest absolute Gasteiger partial charge is 0.246 e. The first kappa shape index (κ1) is 15.5. The van der Waals surface area contributed by atoms with E-state index in [4.69, 9.17) is 17.3 Å². The average molecular weight is 322 g/mol. The number of hydrogen-bond donors (Lipinski definition) is 1. The van der Waals surface area contributed by atoms with Crippen LogP contribution in [0.25, 0.3) is 0 Å². The predicted octanol–water partition coefficient (Wildman–Crippen LogP) is 1.39. The van der Waals surface area contributed by atoms with Crippen LogP contribution in [0, 0.1) is 5.82 Å². The zero-order valence-electron chi connectivity index (χ0n) is 11.1. The molecule has 0 amide bonds. The van der Waals surface area contributed by atoms with Gasteiger partial charge in [-0.3, -0.25) is 0 Å². The third kappa shape index (κ3) is 3.06. The zero-order valence-corrected chi connectivity index (χ0v) is 12.7. The second kappa shape index (κ2) is 5.85. The van der Waals surface area contributed by atoms with E-state index in [1.807, 2.05) is 11.9 Å². The molecule has 0 aromatic heterocycles. The second-order valence-corrected chi connectivity index (χ2v) is 7.19. The number of anilines is 1. The van der Waals surface area contributed by atoms with Crippen LogP contribution in [0.5, 0.6) is 0 Å². The minimum atomic E-state index is -3.92. The van der Waals surface area contributed by atoms with Crippen LogP contribution >= 0.6 is 11.6 Å². The number of likely N-dealkylation sites (N-methyl/N-ethyl adjacent to an activating group) is 1. The summed E-state index contributed by atoms with van der Waals surface area (Å²) in [5.41, 5.74) is 5.69. The maximum atomic E-state index is 14.0. The number of nitrogens with two attached hydrogens (primary N) is 1. The van der Waals surface area contributed by atoms with Crippen molar-refractivity contribution >= 4 is 27.3 Å². The molecule has 112 valence electrons. The second-order valence-electron chi connectivity index (χ2n) is 4.88. The van der Waals surface area contributed by atoms with E-state index in [9.17, 15) is 12.8 Å². The standard InChI is InChI=1S/C12H17ClFN3O2S/c1-16-3-2-4-17(6-5-16)20(18,19)11-8-9(15)7-10(13)12(11)14/h7-8H,2-6,15H2,1H3. The number of nitrogens with zero attached hydrogens (tertiary/aromatic N) is 2. The number of nitrogen functional groups attached to an aromatic ring is 1. The van der Waals surface area contributed by atoms with Crippen LogP contribution in [0.3, 0.4) is 0 Å². The largest absolute Gasteiger partial charge is 0.399 e. The van der Waals surface area contributed by atoms with Crippen LogP contribution in [0.2, 0.25) is 5.02 Å². The van der Waals surface area contributed by atoms with Gasteiger partial charge in [0.05, 0.1) is 5.02 Å². The predicted molar refractivity (Wildman–Crippen MR) is 76.7 cm³/mol. The van der Waals surface area contributed by atoms with E-state index in [1.165, 1.54) is 10.4 Å². The first-order chi connectivity index (χ1) is 9.32. The van der Waals surface area contributed by atoms with Gasteiger partial charge in [-0.15, -0.1) is 0 Å². The van der Waals surface area contributed by atoms with Crippen molar-refractivity contribution in [3.05, 3.63) is 23.0 Å². The van der Waals surface area contributed by atoms with E-state index in [0.717, 1.165) is 12.6 Å². The Labute approximate surface area is 123 Å². The topological polar surface area (TPSA) is 66.6 Å². The van der Waals surface area contributed by atoms with Crippen molar-refractivity contribution in [1.29, 1.82) is 0 Å². The van der Waals surface area contributed by atoms with E-state index >= 15 is 0 Å². The highest BCUT2D eigenvalue weighted by molar-refractivity contribution is 7.89. The Kier molecular flexibility index (Phi) is 4.53. The van der Waals surface area contributed by atoms with Gasteiger partial charge in [-0.1, -0.05) is 11.6 Å². The Hall–Kier alpha value is -0.890. The minimum Gasteiger partial charge on any atom is -0.399 e. The molecule has 0 bridgehead atoms. The first-order valence-corrected chi connectivity index (χ1v) is 8.07. The Morgan fingerprint density at radius 3 is 2.65 bits per heavy atom. The van der Waals surface area contributed by atoms with Crippen molar-refractivity contribution in [2.24, 2.45) is 0 Å². The van der Waals surface area contributed by atoms with Gasteiger partial charge in [0.25, 0.3) is 0 Å². The summed E-state index contributed by atoms with van der Waals surface area (Å²) < 4.78 is 40.3. The van der Waals surface area contributed by atoms with Crippen LogP contribution < -0.4 is 5.73 Å². The molecule has 0 atom stereocenters. The third-order valence-corrected chi connectivity index (χ3v) is 5.49. The van der Waals surface area contributed by atoms with Crippen molar-refractivity contribution in [2.45, 2.75) is 11.3 Å². The molecule has 8 heteroatoms. The molecule has 1 fully saturated rings. The van der Waals surface area contributed by atoms with Crippen molar-refractivity contribution in [2.75, 3.05) is 39.0 Å². The fourth-order valence-corrected chi connectivity index (χ4v) is 4.05. The molecule has 2 rings (SSSR count). The summed E-state index contributed by atoms with van der Waals surface area (Å²) in [6.07, 6.45) is 0.702. The molecule has 1 aromatic rings. The average Bonchev–Trinajstić information content (AvgIpc) is 2.58. The summed E-state index contributed by atoms with van der Waals surface area (Å²) >= 11 is 5.67. The lowest BCUT2D eigenvalue weighted by Gasteiger charge is -2.21. The monoisotopic (exact) mass is 321 g/mol. The molecule has 1 saturated heterocycles. The van der Waals surface area contributed by atoms with Gasteiger partial charge in [-0.2, -0.15) is 4.31 Å². The lowest BCUT2D eigenvalue weighted by Crippen LogP contribution is -2.35. The zero-order chi connectivity index (χ0) is 14.9. The molecular formula is C12H17ClFN3O2S. The lowest BCUT2D eigenvalue weighted by atomic mass is 10.3. The molecule has 5 nitrogen and oxygen atoms in total. The van der Waals surface area contributed by atoms with Crippen molar-refractivity contribution in [1.82, 2.24) is 9.21 Å². The quantitative estimate of drug-likeness (QED) is 0.836. The maximum absolute atomic E-state index is 14.0. The first-order valence-electron chi connectivity index (χ1n) is 6.25. The Morgan fingerprint density at radius 1 is 1.25 bits per heavy atom. The summed E-state index contributed by atoms with van der Waals surface area (Å²) in [4.78, 5) is 1.59. The Morgan fingerprint density at radius 2 is 1.95 bits per heavy atom. The Balaban J connectivity index is 2.40. The van der Waals surface area contributed by atoms with E-state index in [2.05, 4.69) is 0 Å². The molecule has 0 saturated carbocycles. The molecule has 1 aliphatic rings. The van der Waals surface area contributed by atoms with Crippen LogP contribution in [-0.2, 0) is 10.0 Å². The molecule has 0 radical (unpaired) electrons. The van der Waals surface area contributed by atoms with E-state index in [1.54, 1.807) is 0 Å². The number of halogens is 2. The van der Waals surface area contributed by atoms with Gasteiger partial charge in [-0.05, 0) is 32.1 Å². The van der Waals surface area contributed by atoms with Gasteiger partial charge < -0.3 is 10.6 Å². The molecule has 1 heterocycles. The fraction of sp³-hybridized carbons (Fsp3) is 0.500. The number of sulfonamides is 1. The molecule has 0 spiro atoms. The van der Waals surface area contributed by atoms with Gasteiger partial charge in [0.1, 0.15) is 4.90 Å². The third-order valence-electron chi connectivity index (χ3n) is 3.31. The molecule has 0 aliphatic carbocycles. The van der Waals surface area contributed by atoms with Gasteiger partial charge in [0.15, 0.2) is 5.82 Å². The highest BCUT2D eigenvalue weighted by atomic mass is 35.5.